The maximum atomic E-state index is 11.3. The van der Waals surface area contributed by atoms with Crippen molar-refractivity contribution in [3.8, 4) is 0 Å². The van der Waals surface area contributed by atoms with E-state index in [9.17, 15) is 4.79 Å². The van der Waals surface area contributed by atoms with Crippen LogP contribution in [0.3, 0.4) is 0 Å². The monoisotopic (exact) mass is 255 g/mol. The van der Waals surface area contributed by atoms with Gasteiger partial charge in [-0.05, 0) is 45.1 Å². The fourth-order valence-electron chi connectivity index (χ4n) is 2.90. The van der Waals surface area contributed by atoms with Crippen LogP contribution in [0.1, 0.15) is 59.3 Å². The lowest BCUT2D eigenvalue weighted by Gasteiger charge is -2.27. The zero-order chi connectivity index (χ0) is 13.4. The van der Waals surface area contributed by atoms with Crippen LogP contribution >= 0.6 is 0 Å². The summed E-state index contributed by atoms with van der Waals surface area (Å²) < 4.78 is 4.94. The Bertz CT molecular complexity index is 243. The minimum atomic E-state index is -0.0937. The molecule has 0 bridgehead atoms. The number of rotatable bonds is 7. The third kappa shape index (κ3) is 6.39. The van der Waals surface area contributed by atoms with E-state index in [2.05, 4.69) is 19.2 Å². The number of hydrogen-bond donors (Lipinski definition) is 1. The average Bonchev–Trinajstić information content (AvgIpc) is 2.29. The lowest BCUT2D eigenvalue weighted by Crippen LogP contribution is -2.31. The van der Waals surface area contributed by atoms with Gasteiger partial charge >= 0.3 is 5.97 Å². The van der Waals surface area contributed by atoms with Gasteiger partial charge < -0.3 is 10.1 Å². The number of carbonyl (C=O) groups is 1. The van der Waals surface area contributed by atoms with Gasteiger partial charge in [-0.2, -0.15) is 0 Å². The number of ether oxygens (including phenoxy) is 1. The van der Waals surface area contributed by atoms with Gasteiger partial charge in [-0.1, -0.05) is 26.2 Å². The highest BCUT2D eigenvalue weighted by atomic mass is 16.5. The number of carbonyl (C=O) groups excluding carboxylic acids is 1. The zero-order valence-electron chi connectivity index (χ0n) is 12.2. The molecule has 18 heavy (non-hydrogen) atoms. The van der Waals surface area contributed by atoms with Gasteiger partial charge in [-0.15, -0.1) is 0 Å². The van der Waals surface area contributed by atoms with Gasteiger partial charge in [0.1, 0.15) is 0 Å². The van der Waals surface area contributed by atoms with Gasteiger partial charge in [-0.3, -0.25) is 4.79 Å². The minimum Gasteiger partial charge on any atom is -0.466 e. The summed E-state index contributed by atoms with van der Waals surface area (Å²) >= 11 is 0. The van der Waals surface area contributed by atoms with Crippen LogP contribution in [0.4, 0.5) is 0 Å². The maximum Gasteiger partial charge on any atom is 0.307 e. The fraction of sp³-hybridized carbons (Fsp3) is 0.933. The molecule has 3 nitrogen and oxygen atoms in total. The molecule has 0 amide bonds. The normalized spacial score (nSPS) is 25.7. The van der Waals surface area contributed by atoms with Crippen LogP contribution in [0.15, 0.2) is 0 Å². The van der Waals surface area contributed by atoms with E-state index >= 15 is 0 Å². The molecule has 3 atom stereocenters. The van der Waals surface area contributed by atoms with E-state index in [1.807, 2.05) is 6.92 Å². The van der Waals surface area contributed by atoms with Crippen molar-refractivity contribution in [3.05, 3.63) is 0 Å². The molecular weight excluding hydrogens is 226 g/mol. The summed E-state index contributed by atoms with van der Waals surface area (Å²) in [5, 5.41) is 3.43. The Balaban J connectivity index is 2.07. The predicted octanol–water partition coefficient (Wildman–Crippen LogP) is 3.13. The first kappa shape index (κ1) is 15.5. The second-order valence-electron chi connectivity index (χ2n) is 5.79. The van der Waals surface area contributed by atoms with E-state index in [4.69, 9.17) is 4.74 Å². The van der Waals surface area contributed by atoms with Gasteiger partial charge in [0.2, 0.25) is 0 Å². The van der Waals surface area contributed by atoms with Gasteiger partial charge in [0.15, 0.2) is 0 Å². The molecule has 3 unspecified atom stereocenters. The first-order chi connectivity index (χ1) is 8.61. The molecule has 0 heterocycles. The van der Waals surface area contributed by atoms with Gasteiger partial charge in [-0.25, -0.2) is 0 Å². The lowest BCUT2D eigenvalue weighted by molar-refractivity contribution is -0.143. The molecule has 0 aromatic heterocycles. The Morgan fingerprint density at radius 3 is 2.89 bits per heavy atom. The van der Waals surface area contributed by atoms with Crippen molar-refractivity contribution < 1.29 is 9.53 Å². The van der Waals surface area contributed by atoms with Gasteiger partial charge in [0.05, 0.1) is 13.0 Å². The summed E-state index contributed by atoms with van der Waals surface area (Å²) in [6.45, 7) is 7.77. The van der Waals surface area contributed by atoms with Crippen molar-refractivity contribution in [2.24, 2.45) is 11.8 Å². The maximum absolute atomic E-state index is 11.3. The quantitative estimate of drug-likeness (QED) is 0.710. The smallest absolute Gasteiger partial charge is 0.307 e. The van der Waals surface area contributed by atoms with Crippen molar-refractivity contribution in [1.29, 1.82) is 0 Å². The molecule has 1 fully saturated rings. The van der Waals surface area contributed by atoms with Crippen molar-refractivity contribution in [2.75, 3.05) is 13.2 Å². The highest BCUT2D eigenvalue weighted by Crippen LogP contribution is 2.30. The summed E-state index contributed by atoms with van der Waals surface area (Å²) in [6.07, 6.45) is 7.30. The molecule has 106 valence electrons. The Labute approximate surface area is 112 Å². The second kappa shape index (κ2) is 8.52. The summed E-state index contributed by atoms with van der Waals surface area (Å²) in [7, 11) is 0. The topological polar surface area (TPSA) is 38.3 Å². The summed E-state index contributed by atoms with van der Waals surface area (Å²) in [5.74, 6) is 1.69. The SMILES string of the molecule is CCOC(=O)CC(C)NCCC1CCCC(C)C1. The molecule has 0 aromatic carbocycles. The molecular formula is C15H29NO2. The Kier molecular flexibility index (Phi) is 7.33. The largest absolute Gasteiger partial charge is 0.466 e. The van der Waals surface area contributed by atoms with E-state index in [-0.39, 0.29) is 12.0 Å². The fourth-order valence-corrected chi connectivity index (χ4v) is 2.90. The molecule has 0 radical (unpaired) electrons. The first-order valence-corrected chi connectivity index (χ1v) is 7.50. The number of esters is 1. The highest BCUT2D eigenvalue weighted by Gasteiger charge is 2.18. The zero-order valence-corrected chi connectivity index (χ0v) is 12.2. The molecule has 1 rings (SSSR count). The molecule has 1 aliphatic rings. The molecule has 0 saturated heterocycles. The summed E-state index contributed by atoms with van der Waals surface area (Å²) in [4.78, 5) is 11.3. The van der Waals surface area contributed by atoms with Gasteiger partial charge in [0.25, 0.3) is 0 Å². The third-order valence-electron chi connectivity index (χ3n) is 3.87. The minimum absolute atomic E-state index is 0.0937. The Morgan fingerprint density at radius 2 is 2.22 bits per heavy atom. The van der Waals surface area contributed by atoms with Crippen LogP contribution in [0.5, 0.6) is 0 Å². The summed E-state index contributed by atoms with van der Waals surface area (Å²) in [5.41, 5.74) is 0. The van der Waals surface area contributed by atoms with Crippen LogP contribution in [-0.2, 0) is 9.53 Å². The predicted molar refractivity (Wildman–Crippen MR) is 74.5 cm³/mol. The van der Waals surface area contributed by atoms with Crippen molar-refractivity contribution in [2.45, 2.75) is 65.3 Å². The number of nitrogens with one attached hydrogen (secondary N) is 1. The van der Waals surface area contributed by atoms with Crippen molar-refractivity contribution in [1.82, 2.24) is 5.32 Å². The summed E-state index contributed by atoms with van der Waals surface area (Å²) in [6, 6.07) is 0.227. The Hall–Kier alpha value is -0.570. The first-order valence-electron chi connectivity index (χ1n) is 7.50. The van der Waals surface area contributed by atoms with Crippen LogP contribution in [0.2, 0.25) is 0 Å². The number of hydrogen-bond acceptors (Lipinski definition) is 3. The Morgan fingerprint density at radius 1 is 1.44 bits per heavy atom. The third-order valence-corrected chi connectivity index (χ3v) is 3.87. The van der Waals surface area contributed by atoms with E-state index < -0.39 is 0 Å². The molecule has 3 heteroatoms. The van der Waals surface area contributed by atoms with E-state index in [1.54, 1.807) is 0 Å². The molecule has 1 aliphatic carbocycles. The van der Waals surface area contributed by atoms with Crippen molar-refractivity contribution >= 4 is 5.97 Å². The average molecular weight is 255 g/mol. The van der Waals surface area contributed by atoms with Crippen LogP contribution in [0, 0.1) is 11.8 Å². The molecule has 1 N–H and O–H groups in total. The lowest BCUT2D eigenvalue weighted by atomic mass is 9.81. The van der Waals surface area contributed by atoms with Gasteiger partial charge in [0, 0.05) is 6.04 Å². The molecule has 1 saturated carbocycles. The van der Waals surface area contributed by atoms with E-state index in [0.29, 0.717) is 13.0 Å². The highest BCUT2D eigenvalue weighted by molar-refractivity contribution is 5.69. The molecule has 0 aromatic rings. The van der Waals surface area contributed by atoms with Crippen LogP contribution in [0.25, 0.3) is 0 Å². The van der Waals surface area contributed by atoms with Crippen LogP contribution < -0.4 is 5.32 Å². The van der Waals surface area contributed by atoms with E-state index in [1.165, 1.54) is 32.1 Å². The van der Waals surface area contributed by atoms with E-state index in [0.717, 1.165) is 18.4 Å². The standard InChI is InChI=1S/C15H29NO2/c1-4-18-15(17)11-13(3)16-9-8-14-7-5-6-12(2)10-14/h12-14,16H,4-11H2,1-3H3. The molecule has 0 aliphatic heterocycles. The molecule has 0 spiro atoms. The second-order valence-corrected chi connectivity index (χ2v) is 5.79. The van der Waals surface area contributed by atoms with Crippen LogP contribution in [-0.4, -0.2) is 25.2 Å². The van der Waals surface area contributed by atoms with Crippen molar-refractivity contribution in [3.63, 3.8) is 0 Å².